The van der Waals surface area contributed by atoms with Crippen molar-refractivity contribution in [3.63, 3.8) is 0 Å². The predicted molar refractivity (Wildman–Crippen MR) is 50.5 cm³/mol. The second-order valence-corrected chi connectivity index (χ2v) is 3.90. The Bertz CT molecular complexity index is 403. The molecule has 2 unspecified atom stereocenters. The molecular formula is C11H10N2. The molecule has 64 valence electrons. The Balaban J connectivity index is 2.12. The SMILES string of the molecule is N#Cc1ccc2c(c1)C1CC1CN2. The number of hydrogen-bond donors (Lipinski definition) is 1. The molecule has 1 aromatic rings. The quantitative estimate of drug-likeness (QED) is 0.647. The third kappa shape index (κ3) is 0.936. The fraction of sp³-hybridized carbons (Fsp3) is 0.364. The summed E-state index contributed by atoms with van der Waals surface area (Å²) in [6, 6.07) is 8.14. The van der Waals surface area contributed by atoms with Gasteiger partial charge >= 0.3 is 0 Å². The van der Waals surface area contributed by atoms with Gasteiger partial charge in [0, 0.05) is 12.2 Å². The fourth-order valence-corrected chi connectivity index (χ4v) is 2.20. The topological polar surface area (TPSA) is 35.8 Å². The Morgan fingerprint density at radius 1 is 1.46 bits per heavy atom. The fourth-order valence-electron chi connectivity index (χ4n) is 2.20. The molecule has 1 N–H and O–H groups in total. The van der Waals surface area contributed by atoms with Gasteiger partial charge in [0.15, 0.2) is 0 Å². The van der Waals surface area contributed by atoms with Gasteiger partial charge in [-0.25, -0.2) is 0 Å². The van der Waals surface area contributed by atoms with Gasteiger partial charge in [0.2, 0.25) is 0 Å². The van der Waals surface area contributed by atoms with Crippen LogP contribution in [-0.4, -0.2) is 6.54 Å². The average molecular weight is 170 g/mol. The van der Waals surface area contributed by atoms with Crippen LogP contribution in [0.4, 0.5) is 5.69 Å². The summed E-state index contributed by atoms with van der Waals surface area (Å²) in [6.45, 7) is 1.11. The molecule has 0 spiro atoms. The lowest BCUT2D eigenvalue weighted by Crippen LogP contribution is -2.11. The molecule has 2 atom stereocenters. The molecule has 0 saturated heterocycles. The molecule has 1 heterocycles. The van der Waals surface area contributed by atoms with E-state index < -0.39 is 0 Å². The summed E-state index contributed by atoms with van der Waals surface area (Å²) in [6.07, 6.45) is 1.30. The zero-order valence-corrected chi connectivity index (χ0v) is 7.25. The van der Waals surface area contributed by atoms with Crippen LogP contribution in [0.5, 0.6) is 0 Å². The minimum atomic E-state index is 0.740. The van der Waals surface area contributed by atoms with Crippen molar-refractivity contribution < 1.29 is 0 Å². The molecule has 1 saturated carbocycles. The Labute approximate surface area is 77.2 Å². The largest absolute Gasteiger partial charge is 0.385 e. The first-order chi connectivity index (χ1) is 6.38. The molecule has 2 heteroatoms. The Hall–Kier alpha value is -1.49. The minimum Gasteiger partial charge on any atom is -0.385 e. The number of fused-ring (bicyclic) bond motifs is 3. The Kier molecular flexibility index (Phi) is 1.21. The first-order valence-electron chi connectivity index (χ1n) is 4.66. The van der Waals surface area contributed by atoms with Gasteiger partial charge in [-0.15, -0.1) is 0 Å². The number of nitrogens with one attached hydrogen (secondary N) is 1. The zero-order valence-electron chi connectivity index (χ0n) is 7.25. The van der Waals surface area contributed by atoms with Gasteiger partial charge in [0.1, 0.15) is 0 Å². The van der Waals surface area contributed by atoms with Crippen LogP contribution in [0.3, 0.4) is 0 Å². The van der Waals surface area contributed by atoms with E-state index in [4.69, 9.17) is 5.26 Å². The molecule has 0 aromatic heterocycles. The first kappa shape index (κ1) is 6.97. The van der Waals surface area contributed by atoms with Crippen molar-refractivity contribution in [2.24, 2.45) is 5.92 Å². The molecule has 0 bridgehead atoms. The molecule has 2 aliphatic rings. The van der Waals surface area contributed by atoms with Gasteiger partial charge in [0.25, 0.3) is 0 Å². The summed E-state index contributed by atoms with van der Waals surface area (Å²) in [5.74, 6) is 1.57. The van der Waals surface area contributed by atoms with Crippen molar-refractivity contribution in [1.82, 2.24) is 0 Å². The third-order valence-electron chi connectivity index (χ3n) is 3.06. The van der Waals surface area contributed by atoms with Gasteiger partial charge in [-0.3, -0.25) is 0 Å². The molecule has 0 amide bonds. The van der Waals surface area contributed by atoms with E-state index in [-0.39, 0.29) is 0 Å². The molecule has 1 aromatic carbocycles. The Morgan fingerprint density at radius 3 is 3.23 bits per heavy atom. The molecule has 1 aliphatic carbocycles. The van der Waals surface area contributed by atoms with Gasteiger partial charge in [0.05, 0.1) is 11.6 Å². The highest BCUT2D eigenvalue weighted by Crippen LogP contribution is 2.52. The van der Waals surface area contributed by atoms with E-state index in [1.165, 1.54) is 17.7 Å². The number of anilines is 1. The molecule has 3 rings (SSSR count). The van der Waals surface area contributed by atoms with E-state index >= 15 is 0 Å². The van der Waals surface area contributed by atoms with E-state index in [1.807, 2.05) is 18.2 Å². The molecular weight excluding hydrogens is 160 g/mol. The van der Waals surface area contributed by atoms with Crippen LogP contribution in [0, 0.1) is 17.2 Å². The maximum Gasteiger partial charge on any atom is 0.0991 e. The van der Waals surface area contributed by atoms with E-state index in [9.17, 15) is 0 Å². The lowest BCUT2D eigenvalue weighted by atomic mass is 10.0. The van der Waals surface area contributed by atoms with Gasteiger partial charge in [-0.1, -0.05) is 0 Å². The number of hydrogen-bond acceptors (Lipinski definition) is 2. The summed E-state index contributed by atoms with van der Waals surface area (Å²) < 4.78 is 0. The average Bonchev–Trinajstić information content (AvgIpc) is 2.96. The van der Waals surface area contributed by atoms with Crippen molar-refractivity contribution in [2.45, 2.75) is 12.3 Å². The van der Waals surface area contributed by atoms with E-state index in [0.717, 1.165) is 23.9 Å². The van der Waals surface area contributed by atoms with Crippen LogP contribution in [0.15, 0.2) is 18.2 Å². The van der Waals surface area contributed by atoms with Gasteiger partial charge in [-0.2, -0.15) is 5.26 Å². The number of benzene rings is 1. The second-order valence-electron chi connectivity index (χ2n) is 3.90. The smallest absolute Gasteiger partial charge is 0.0991 e. The molecule has 2 nitrogen and oxygen atoms in total. The van der Waals surface area contributed by atoms with E-state index in [0.29, 0.717) is 0 Å². The third-order valence-corrected chi connectivity index (χ3v) is 3.06. The van der Waals surface area contributed by atoms with E-state index in [2.05, 4.69) is 11.4 Å². The number of nitrogens with zero attached hydrogens (tertiary/aromatic N) is 1. The van der Waals surface area contributed by atoms with Crippen LogP contribution < -0.4 is 5.32 Å². The number of nitriles is 1. The van der Waals surface area contributed by atoms with Crippen LogP contribution in [0.25, 0.3) is 0 Å². The van der Waals surface area contributed by atoms with Crippen molar-refractivity contribution in [2.75, 3.05) is 11.9 Å². The first-order valence-corrected chi connectivity index (χ1v) is 4.66. The molecule has 0 radical (unpaired) electrons. The molecule has 1 aliphatic heterocycles. The van der Waals surface area contributed by atoms with Gasteiger partial charge in [-0.05, 0) is 42.0 Å². The summed E-state index contributed by atoms with van der Waals surface area (Å²) in [5.41, 5.74) is 3.38. The maximum absolute atomic E-state index is 8.77. The van der Waals surface area contributed by atoms with Crippen LogP contribution >= 0.6 is 0 Å². The lowest BCUT2D eigenvalue weighted by Gasteiger charge is -2.16. The predicted octanol–water partition coefficient (Wildman–Crippen LogP) is 2.09. The lowest BCUT2D eigenvalue weighted by molar-refractivity contribution is 0.816. The summed E-state index contributed by atoms with van der Waals surface area (Å²) in [4.78, 5) is 0. The van der Waals surface area contributed by atoms with Crippen molar-refractivity contribution >= 4 is 5.69 Å². The standard InChI is InChI=1S/C11H10N2/c12-5-7-1-2-11-10(3-7)9-4-8(9)6-13-11/h1-3,8-9,13H,4,6H2. The number of rotatable bonds is 0. The summed E-state index contributed by atoms with van der Waals surface area (Å²) in [7, 11) is 0. The van der Waals surface area contributed by atoms with Crippen molar-refractivity contribution in [1.29, 1.82) is 5.26 Å². The van der Waals surface area contributed by atoms with E-state index in [1.54, 1.807) is 0 Å². The molecule has 13 heavy (non-hydrogen) atoms. The maximum atomic E-state index is 8.77. The monoisotopic (exact) mass is 170 g/mol. The van der Waals surface area contributed by atoms with Crippen LogP contribution in [-0.2, 0) is 0 Å². The highest BCUT2D eigenvalue weighted by atomic mass is 14.9. The zero-order chi connectivity index (χ0) is 8.84. The summed E-state index contributed by atoms with van der Waals surface area (Å²) >= 11 is 0. The second kappa shape index (κ2) is 2.26. The highest BCUT2D eigenvalue weighted by molar-refractivity contribution is 5.60. The van der Waals surface area contributed by atoms with Crippen LogP contribution in [0.1, 0.15) is 23.5 Å². The Morgan fingerprint density at radius 2 is 2.38 bits per heavy atom. The normalized spacial score (nSPS) is 27.9. The van der Waals surface area contributed by atoms with Crippen LogP contribution in [0.2, 0.25) is 0 Å². The van der Waals surface area contributed by atoms with Crippen molar-refractivity contribution in [3.8, 4) is 6.07 Å². The summed E-state index contributed by atoms with van der Waals surface area (Å²) in [5, 5.41) is 12.2. The highest BCUT2D eigenvalue weighted by Gasteiger charge is 2.42. The molecule has 1 fully saturated rings. The van der Waals surface area contributed by atoms with Crippen molar-refractivity contribution in [3.05, 3.63) is 29.3 Å². The minimum absolute atomic E-state index is 0.740. The van der Waals surface area contributed by atoms with Gasteiger partial charge < -0.3 is 5.32 Å².